The number of aromatic nitrogens is 1. The zero-order chi connectivity index (χ0) is 19.4. The van der Waals surface area contributed by atoms with Crippen LogP contribution < -0.4 is 11.1 Å². The van der Waals surface area contributed by atoms with Gasteiger partial charge in [0.25, 0.3) is 0 Å². The Morgan fingerprint density at radius 1 is 1.12 bits per heavy atom. The Labute approximate surface area is 149 Å². The van der Waals surface area contributed by atoms with Crippen LogP contribution in [-0.2, 0) is 22.4 Å². The quantitative estimate of drug-likeness (QED) is 0.863. The van der Waals surface area contributed by atoms with E-state index in [2.05, 4.69) is 10.3 Å². The predicted molar refractivity (Wildman–Crippen MR) is 95.2 cm³/mol. The van der Waals surface area contributed by atoms with Gasteiger partial charge in [-0.25, -0.2) is 14.9 Å². The van der Waals surface area contributed by atoms with Crippen molar-refractivity contribution in [2.24, 2.45) is 5.73 Å². The molecule has 7 nitrogen and oxygen atoms in total. The van der Waals surface area contributed by atoms with E-state index in [9.17, 15) is 9.59 Å². The SMILES string of the molecule is Cc1cc(CC(C)(C)OC(=O)NC(=O)OC(C)(C)C)nc(C)c1CN. The van der Waals surface area contributed by atoms with E-state index in [1.807, 2.05) is 19.9 Å². The number of hydrogen-bond acceptors (Lipinski definition) is 6. The van der Waals surface area contributed by atoms with Crippen molar-refractivity contribution in [3.63, 3.8) is 0 Å². The van der Waals surface area contributed by atoms with Crippen LogP contribution in [0.5, 0.6) is 0 Å². The van der Waals surface area contributed by atoms with Gasteiger partial charge in [0.2, 0.25) is 0 Å². The maximum Gasteiger partial charge on any atom is 0.417 e. The van der Waals surface area contributed by atoms with Gasteiger partial charge < -0.3 is 15.2 Å². The van der Waals surface area contributed by atoms with Crippen molar-refractivity contribution in [2.45, 2.75) is 72.6 Å². The summed E-state index contributed by atoms with van der Waals surface area (Å²) < 4.78 is 10.4. The standard InChI is InChI=1S/C18H29N3O4/c1-11-8-13(20-12(2)14(11)10-19)9-18(6,7)25-16(23)21-15(22)24-17(3,4)5/h8H,9-10,19H2,1-7H3,(H,21,22,23). The first kappa shape index (κ1) is 20.9. The first-order valence-corrected chi connectivity index (χ1v) is 8.22. The van der Waals surface area contributed by atoms with Gasteiger partial charge in [0.1, 0.15) is 11.2 Å². The molecule has 2 amide bonds. The first-order chi connectivity index (χ1) is 11.3. The fourth-order valence-electron chi connectivity index (χ4n) is 2.47. The lowest BCUT2D eigenvalue weighted by molar-refractivity contribution is 0.0276. The number of nitrogens with two attached hydrogens (primary N) is 1. The van der Waals surface area contributed by atoms with Crippen molar-refractivity contribution in [3.8, 4) is 0 Å². The summed E-state index contributed by atoms with van der Waals surface area (Å²) in [6.45, 7) is 13.0. The Morgan fingerprint density at radius 2 is 1.68 bits per heavy atom. The van der Waals surface area contributed by atoms with Gasteiger partial charge in [-0.05, 0) is 65.7 Å². The van der Waals surface area contributed by atoms with Crippen LogP contribution in [0.2, 0.25) is 0 Å². The molecule has 0 unspecified atom stereocenters. The lowest BCUT2D eigenvalue weighted by atomic mass is 9.99. The molecular weight excluding hydrogens is 322 g/mol. The monoisotopic (exact) mass is 351 g/mol. The molecule has 0 saturated heterocycles. The van der Waals surface area contributed by atoms with Crippen LogP contribution in [0.4, 0.5) is 9.59 Å². The van der Waals surface area contributed by atoms with E-state index >= 15 is 0 Å². The second kappa shape index (κ2) is 7.82. The number of imide groups is 1. The van der Waals surface area contributed by atoms with Gasteiger partial charge in [-0.2, -0.15) is 0 Å². The smallest absolute Gasteiger partial charge is 0.417 e. The summed E-state index contributed by atoms with van der Waals surface area (Å²) in [5.74, 6) is 0. The molecule has 0 aliphatic heterocycles. The minimum Gasteiger partial charge on any atom is -0.443 e. The number of amides is 2. The number of carbonyl (C=O) groups is 2. The second-order valence-electron chi connectivity index (χ2n) is 7.65. The van der Waals surface area contributed by atoms with E-state index in [0.29, 0.717) is 13.0 Å². The van der Waals surface area contributed by atoms with Gasteiger partial charge in [0.15, 0.2) is 0 Å². The molecule has 1 aromatic heterocycles. The Morgan fingerprint density at radius 3 is 2.16 bits per heavy atom. The summed E-state index contributed by atoms with van der Waals surface area (Å²) >= 11 is 0. The Bertz CT molecular complexity index is 625. The zero-order valence-corrected chi connectivity index (χ0v) is 16.1. The van der Waals surface area contributed by atoms with Crippen LogP contribution in [0.25, 0.3) is 0 Å². The Balaban J connectivity index is 2.72. The number of carbonyl (C=O) groups excluding carboxylic acids is 2. The number of rotatable bonds is 4. The molecule has 0 aliphatic carbocycles. The lowest BCUT2D eigenvalue weighted by Crippen LogP contribution is -2.41. The summed E-state index contributed by atoms with van der Waals surface area (Å²) in [4.78, 5) is 28.0. The number of nitrogens with zero attached hydrogens (tertiary/aromatic N) is 1. The highest BCUT2D eigenvalue weighted by Gasteiger charge is 2.27. The molecule has 0 bridgehead atoms. The van der Waals surface area contributed by atoms with Crippen molar-refractivity contribution in [1.29, 1.82) is 0 Å². The van der Waals surface area contributed by atoms with Crippen LogP contribution in [0, 0.1) is 13.8 Å². The molecule has 1 rings (SSSR count). The predicted octanol–water partition coefficient (Wildman–Crippen LogP) is 3.14. The van der Waals surface area contributed by atoms with Crippen LogP contribution in [0.3, 0.4) is 0 Å². The number of ether oxygens (including phenoxy) is 2. The van der Waals surface area contributed by atoms with E-state index in [-0.39, 0.29) is 0 Å². The molecule has 25 heavy (non-hydrogen) atoms. The highest BCUT2D eigenvalue weighted by atomic mass is 16.6. The molecule has 1 heterocycles. The fraction of sp³-hybridized carbons (Fsp3) is 0.611. The van der Waals surface area contributed by atoms with Gasteiger partial charge in [-0.3, -0.25) is 4.98 Å². The molecule has 0 radical (unpaired) electrons. The van der Waals surface area contributed by atoms with E-state index in [1.165, 1.54) is 0 Å². The molecule has 7 heteroatoms. The number of pyridine rings is 1. The minimum absolute atomic E-state index is 0.404. The molecule has 3 N–H and O–H groups in total. The highest BCUT2D eigenvalue weighted by Crippen LogP contribution is 2.20. The maximum atomic E-state index is 11.9. The van der Waals surface area contributed by atoms with Crippen LogP contribution in [0.15, 0.2) is 6.07 Å². The van der Waals surface area contributed by atoms with Gasteiger partial charge in [-0.15, -0.1) is 0 Å². The van der Waals surface area contributed by atoms with E-state index in [1.54, 1.807) is 34.6 Å². The number of nitrogens with one attached hydrogen (secondary N) is 1. The molecule has 140 valence electrons. The van der Waals surface area contributed by atoms with Crippen molar-refractivity contribution >= 4 is 12.2 Å². The van der Waals surface area contributed by atoms with Gasteiger partial charge in [0, 0.05) is 24.4 Å². The number of hydrogen-bond donors (Lipinski definition) is 2. The molecule has 1 aromatic rings. The number of aryl methyl sites for hydroxylation is 2. The highest BCUT2D eigenvalue weighted by molar-refractivity contribution is 5.87. The third kappa shape index (κ3) is 7.09. The Kier molecular flexibility index (Phi) is 6.54. The third-order valence-electron chi connectivity index (χ3n) is 3.39. The van der Waals surface area contributed by atoms with Crippen LogP contribution in [-0.4, -0.2) is 28.4 Å². The summed E-state index contributed by atoms with van der Waals surface area (Å²) in [7, 11) is 0. The molecule has 0 aliphatic rings. The van der Waals surface area contributed by atoms with Crippen molar-refractivity contribution in [3.05, 3.63) is 28.6 Å². The molecule has 0 aromatic carbocycles. The summed E-state index contributed by atoms with van der Waals surface area (Å²) in [5.41, 5.74) is 7.92. The molecule has 0 atom stereocenters. The fourth-order valence-corrected chi connectivity index (χ4v) is 2.47. The van der Waals surface area contributed by atoms with Crippen molar-refractivity contribution in [1.82, 2.24) is 10.3 Å². The minimum atomic E-state index is -0.855. The van der Waals surface area contributed by atoms with E-state index < -0.39 is 23.4 Å². The summed E-state index contributed by atoms with van der Waals surface area (Å²) in [6, 6.07) is 1.94. The van der Waals surface area contributed by atoms with E-state index in [0.717, 1.165) is 22.5 Å². The average Bonchev–Trinajstić information content (AvgIpc) is 2.33. The van der Waals surface area contributed by atoms with Gasteiger partial charge in [0.05, 0.1) is 0 Å². The average molecular weight is 351 g/mol. The number of alkyl carbamates (subject to hydrolysis) is 2. The van der Waals surface area contributed by atoms with Gasteiger partial charge >= 0.3 is 12.2 Å². The first-order valence-electron chi connectivity index (χ1n) is 8.22. The molecule has 0 fully saturated rings. The molecule has 0 spiro atoms. The Hall–Kier alpha value is -2.15. The second-order valence-corrected chi connectivity index (χ2v) is 7.65. The maximum absolute atomic E-state index is 11.9. The zero-order valence-electron chi connectivity index (χ0n) is 16.1. The lowest BCUT2D eigenvalue weighted by Gasteiger charge is -2.26. The third-order valence-corrected chi connectivity index (χ3v) is 3.39. The molecule has 0 saturated carbocycles. The van der Waals surface area contributed by atoms with Crippen molar-refractivity contribution in [2.75, 3.05) is 0 Å². The summed E-state index contributed by atoms with van der Waals surface area (Å²) in [6.07, 6.45) is -1.29. The van der Waals surface area contributed by atoms with E-state index in [4.69, 9.17) is 15.2 Å². The van der Waals surface area contributed by atoms with Crippen LogP contribution in [0.1, 0.15) is 57.1 Å². The topological polar surface area (TPSA) is 104 Å². The van der Waals surface area contributed by atoms with Gasteiger partial charge in [-0.1, -0.05) is 0 Å². The molecular formula is C18H29N3O4. The summed E-state index contributed by atoms with van der Waals surface area (Å²) in [5, 5.41) is 2.06. The largest absolute Gasteiger partial charge is 0.443 e. The van der Waals surface area contributed by atoms with Crippen molar-refractivity contribution < 1.29 is 19.1 Å². The van der Waals surface area contributed by atoms with Crippen LogP contribution >= 0.6 is 0 Å². The normalized spacial score (nSPS) is 11.8.